The van der Waals surface area contributed by atoms with Crippen LogP contribution in [-0.4, -0.2) is 23.9 Å². The Morgan fingerprint density at radius 2 is 2.00 bits per heavy atom. The highest BCUT2D eigenvalue weighted by molar-refractivity contribution is 5.91. The molecule has 1 aromatic heterocycles. The van der Waals surface area contributed by atoms with Gasteiger partial charge in [-0.3, -0.25) is 4.98 Å². The smallest absolute Gasteiger partial charge is 0.435 e. The van der Waals surface area contributed by atoms with Crippen molar-refractivity contribution in [3.8, 4) is 11.1 Å². The third-order valence-corrected chi connectivity index (χ3v) is 2.84. The van der Waals surface area contributed by atoms with Gasteiger partial charge >= 0.3 is 6.09 Å². The van der Waals surface area contributed by atoms with Crippen molar-refractivity contribution in [2.75, 3.05) is 11.6 Å². The van der Waals surface area contributed by atoms with Crippen LogP contribution >= 0.6 is 0 Å². The molecule has 2 aromatic rings. The Hall–Kier alpha value is -2.76. The molecule has 0 N–H and O–H groups in total. The number of ether oxygens (including phenoxy) is 1. The summed E-state index contributed by atoms with van der Waals surface area (Å²) in [5.41, 5.74) is 1.47. The molecule has 3 rings (SSSR count). The lowest BCUT2D eigenvalue weighted by molar-refractivity contribution is 0.167. The number of cyclic esters (lactones) is 1. The lowest BCUT2D eigenvalue weighted by Gasteiger charge is -2.20. The summed E-state index contributed by atoms with van der Waals surface area (Å²) in [4.78, 5) is 15.4. The summed E-state index contributed by atoms with van der Waals surface area (Å²) in [6.45, 7) is 0.132. The minimum atomic E-state index is -0.622. The van der Waals surface area contributed by atoms with Crippen molar-refractivity contribution >= 4 is 18.0 Å². The molecule has 0 saturated heterocycles. The fourth-order valence-electron chi connectivity index (χ4n) is 1.91. The third-order valence-electron chi connectivity index (χ3n) is 2.84. The Morgan fingerprint density at radius 1 is 1.20 bits per heavy atom. The van der Waals surface area contributed by atoms with Crippen LogP contribution < -0.4 is 5.01 Å². The number of hydrazone groups is 1. The van der Waals surface area contributed by atoms with Gasteiger partial charge < -0.3 is 4.74 Å². The van der Waals surface area contributed by atoms with Crippen LogP contribution in [0.2, 0.25) is 0 Å². The van der Waals surface area contributed by atoms with E-state index < -0.39 is 11.9 Å². The maximum atomic E-state index is 14.2. The minimum Gasteiger partial charge on any atom is -0.442 e. The average Bonchev–Trinajstić information content (AvgIpc) is 2.48. The fourth-order valence-corrected chi connectivity index (χ4v) is 1.91. The molecule has 0 bridgehead atoms. The van der Waals surface area contributed by atoms with E-state index in [0.29, 0.717) is 16.8 Å². The number of benzene rings is 1. The maximum Gasteiger partial charge on any atom is 0.435 e. The second-order valence-electron chi connectivity index (χ2n) is 4.09. The van der Waals surface area contributed by atoms with Gasteiger partial charge in [0.05, 0.1) is 11.9 Å². The predicted octanol–water partition coefficient (Wildman–Crippen LogP) is 2.83. The van der Waals surface area contributed by atoms with Gasteiger partial charge in [-0.2, -0.15) is 10.1 Å². The summed E-state index contributed by atoms with van der Waals surface area (Å²) in [6.07, 6.45) is 4.00. The normalized spacial score (nSPS) is 14.2. The molecule has 1 aliphatic rings. The first kappa shape index (κ1) is 12.3. The molecular weight excluding hydrogens is 261 g/mol. The van der Waals surface area contributed by atoms with Crippen LogP contribution in [-0.2, 0) is 4.74 Å². The van der Waals surface area contributed by atoms with Gasteiger partial charge in [0.15, 0.2) is 0 Å². The number of nitrogens with zero attached hydrogens (tertiary/aromatic N) is 3. The van der Waals surface area contributed by atoms with Crippen molar-refractivity contribution in [1.29, 1.82) is 0 Å². The van der Waals surface area contributed by atoms with Gasteiger partial charge in [0.25, 0.3) is 0 Å². The first-order chi connectivity index (χ1) is 9.75. The van der Waals surface area contributed by atoms with Gasteiger partial charge in [-0.25, -0.2) is 9.18 Å². The summed E-state index contributed by atoms with van der Waals surface area (Å²) < 4.78 is 19.0. The van der Waals surface area contributed by atoms with E-state index in [2.05, 4.69) is 10.1 Å². The summed E-state index contributed by atoms with van der Waals surface area (Å²) in [5, 5.41) is 4.90. The molecule has 0 fully saturated rings. The average molecular weight is 271 g/mol. The Kier molecular flexibility index (Phi) is 3.12. The Morgan fingerprint density at radius 3 is 2.70 bits per heavy atom. The summed E-state index contributed by atoms with van der Waals surface area (Å²) >= 11 is 0. The van der Waals surface area contributed by atoms with Gasteiger partial charge in [0.2, 0.25) is 0 Å². The van der Waals surface area contributed by atoms with E-state index in [1.54, 1.807) is 36.7 Å². The molecule has 0 spiro atoms. The van der Waals surface area contributed by atoms with Crippen LogP contribution in [0.25, 0.3) is 11.1 Å². The molecule has 6 heteroatoms. The number of halogens is 1. The Balaban J connectivity index is 1.98. The maximum absolute atomic E-state index is 14.2. The Bertz CT molecular complexity index is 673. The van der Waals surface area contributed by atoms with Gasteiger partial charge in [-0.1, -0.05) is 0 Å². The molecule has 1 aromatic carbocycles. The minimum absolute atomic E-state index is 0.132. The van der Waals surface area contributed by atoms with Crippen LogP contribution in [0.1, 0.15) is 0 Å². The number of pyridine rings is 1. The zero-order valence-corrected chi connectivity index (χ0v) is 10.4. The highest BCUT2D eigenvalue weighted by atomic mass is 19.1. The number of aromatic nitrogens is 1. The zero-order valence-electron chi connectivity index (χ0n) is 10.4. The molecule has 0 saturated carbocycles. The summed E-state index contributed by atoms with van der Waals surface area (Å²) in [6, 6.07) is 7.89. The van der Waals surface area contributed by atoms with Gasteiger partial charge in [-0.15, -0.1) is 0 Å². The first-order valence-electron chi connectivity index (χ1n) is 5.95. The lowest BCUT2D eigenvalue weighted by atomic mass is 10.1. The molecule has 5 nitrogen and oxygen atoms in total. The van der Waals surface area contributed by atoms with Crippen LogP contribution in [0, 0.1) is 5.82 Å². The van der Waals surface area contributed by atoms with Crippen molar-refractivity contribution < 1.29 is 13.9 Å². The second-order valence-corrected chi connectivity index (χ2v) is 4.09. The molecule has 2 heterocycles. The molecule has 0 aliphatic carbocycles. The van der Waals surface area contributed by atoms with Crippen LogP contribution in [0.3, 0.4) is 0 Å². The van der Waals surface area contributed by atoms with Crippen molar-refractivity contribution in [3.63, 3.8) is 0 Å². The number of hydrogen-bond acceptors (Lipinski definition) is 4. The molecule has 1 aliphatic heterocycles. The quantitative estimate of drug-likeness (QED) is 0.844. The van der Waals surface area contributed by atoms with Crippen molar-refractivity contribution in [1.82, 2.24) is 4.98 Å². The second kappa shape index (κ2) is 5.08. The standard InChI is InChI=1S/C14H10FN3O2/c15-13-9-11(18-14(19)20-8-7-17-18)1-2-12(13)10-3-5-16-6-4-10/h1-7,9H,8H2. The van der Waals surface area contributed by atoms with Crippen LogP contribution in [0.5, 0.6) is 0 Å². The summed E-state index contributed by atoms with van der Waals surface area (Å²) in [5.74, 6) is -0.442. The van der Waals surface area contributed by atoms with Crippen molar-refractivity contribution in [3.05, 3.63) is 48.5 Å². The molecule has 20 heavy (non-hydrogen) atoms. The Labute approximate surface area is 114 Å². The van der Waals surface area contributed by atoms with E-state index in [4.69, 9.17) is 4.74 Å². The van der Waals surface area contributed by atoms with Gasteiger partial charge in [0.1, 0.15) is 12.4 Å². The van der Waals surface area contributed by atoms with E-state index in [9.17, 15) is 9.18 Å². The highest BCUT2D eigenvalue weighted by Gasteiger charge is 2.20. The SMILES string of the molecule is O=C1OCC=NN1c1ccc(-c2ccncc2)c(F)c1. The van der Waals surface area contributed by atoms with E-state index in [1.165, 1.54) is 12.3 Å². The van der Waals surface area contributed by atoms with Gasteiger partial charge in [0, 0.05) is 24.0 Å². The molecule has 0 unspecified atom stereocenters. The topological polar surface area (TPSA) is 54.8 Å². The predicted molar refractivity (Wildman–Crippen MR) is 72.0 cm³/mol. The number of hydrogen-bond donors (Lipinski definition) is 0. The van der Waals surface area contributed by atoms with E-state index >= 15 is 0 Å². The first-order valence-corrected chi connectivity index (χ1v) is 5.95. The van der Waals surface area contributed by atoms with Crippen molar-refractivity contribution in [2.24, 2.45) is 5.10 Å². The number of anilines is 1. The van der Waals surface area contributed by atoms with E-state index in [1.807, 2.05) is 0 Å². The number of carbonyl (C=O) groups is 1. The molecule has 0 radical (unpaired) electrons. The molecule has 0 atom stereocenters. The molecular formula is C14H10FN3O2. The highest BCUT2D eigenvalue weighted by Crippen LogP contribution is 2.27. The fraction of sp³-hybridized carbons (Fsp3) is 0.0714. The third kappa shape index (κ3) is 2.23. The van der Waals surface area contributed by atoms with E-state index in [-0.39, 0.29) is 6.61 Å². The monoisotopic (exact) mass is 271 g/mol. The molecule has 100 valence electrons. The number of rotatable bonds is 2. The lowest BCUT2D eigenvalue weighted by Crippen LogP contribution is -2.31. The van der Waals surface area contributed by atoms with Gasteiger partial charge in [-0.05, 0) is 29.8 Å². The molecule has 1 amide bonds. The van der Waals surface area contributed by atoms with Crippen LogP contribution in [0.4, 0.5) is 14.9 Å². The number of amides is 1. The largest absolute Gasteiger partial charge is 0.442 e. The van der Waals surface area contributed by atoms with E-state index in [0.717, 1.165) is 5.01 Å². The van der Waals surface area contributed by atoms with Crippen molar-refractivity contribution in [2.45, 2.75) is 0 Å². The number of carbonyl (C=O) groups excluding carboxylic acids is 1. The zero-order chi connectivity index (χ0) is 13.9. The summed E-state index contributed by atoms with van der Waals surface area (Å²) in [7, 11) is 0. The van der Waals surface area contributed by atoms with Crippen LogP contribution in [0.15, 0.2) is 47.8 Å².